The zero-order valence-corrected chi connectivity index (χ0v) is 22.5. The number of rotatable bonds is 10. The molecule has 0 fully saturated rings. The van der Waals surface area contributed by atoms with Gasteiger partial charge < -0.3 is 4.74 Å². The first kappa shape index (κ1) is 29.3. The lowest BCUT2D eigenvalue weighted by molar-refractivity contribution is -0.117. The van der Waals surface area contributed by atoms with Crippen LogP contribution in [0.1, 0.15) is 12.5 Å². The molecular weight excluding hydrogens is 568 g/mol. The molecule has 18 heteroatoms. The minimum atomic E-state index is -4.81. The molecule has 0 aliphatic carbocycles. The van der Waals surface area contributed by atoms with Crippen LogP contribution >= 0.6 is 0 Å². The predicted octanol–water partition coefficient (Wildman–Crippen LogP) is 1.72. The van der Waals surface area contributed by atoms with Gasteiger partial charge >= 0.3 is 10.4 Å². The Bertz CT molecular complexity index is 1650. The van der Waals surface area contributed by atoms with E-state index in [-0.39, 0.29) is 33.3 Å². The summed E-state index contributed by atoms with van der Waals surface area (Å²) in [6.45, 7) is 2.14. The van der Waals surface area contributed by atoms with E-state index in [1.54, 1.807) is 0 Å². The molecule has 1 aliphatic rings. The fourth-order valence-corrected chi connectivity index (χ4v) is 5.64. The van der Waals surface area contributed by atoms with Crippen molar-refractivity contribution in [3.05, 3.63) is 42.0 Å². The highest BCUT2D eigenvalue weighted by atomic mass is 32.3. The molecule has 0 aromatic heterocycles. The highest BCUT2D eigenvalue weighted by Gasteiger charge is 2.35. The van der Waals surface area contributed by atoms with Crippen molar-refractivity contribution in [3.8, 4) is 5.75 Å². The van der Waals surface area contributed by atoms with Gasteiger partial charge in [0.25, 0.3) is 16.0 Å². The first-order valence-electron chi connectivity index (χ1n) is 10.4. The summed E-state index contributed by atoms with van der Waals surface area (Å²) in [7, 11) is -12.1. The minimum absolute atomic E-state index is 0.0219. The summed E-state index contributed by atoms with van der Waals surface area (Å²) in [6.07, 6.45) is 0. The molecule has 0 saturated heterocycles. The molecule has 1 amide bonds. The number of carbonyl (C=O) groups is 1. The SMILES string of the molecule is COc1cc(S(=O)(=O)CCOS(=O)(=O)O)c(C)cc1N=NC1C(=O)N(c2cccc(S(=O)(=O)O)c2)N=C1C. The maximum atomic E-state index is 12.9. The minimum Gasteiger partial charge on any atom is -0.494 e. The Hall–Kier alpha value is -3.29. The lowest BCUT2D eigenvalue weighted by atomic mass is 10.2. The number of aryl methyl sites for hydroxylation is 1. The monoisotopic (exact) mass is 590 g/mol. The van der Waals surface area contributed by atoms with Crippen LogP contribution in [0.3, 0.4) is 0 Å². The summed E-state index contributed by atoms with van der Waals surface area (Å²) >= 11 is 0. The molecule has 1 heterocycles. The second kappa shape index (κ2) is 10.8. The van der Waals surface area contributed by atoms with Crippen LogP contribution in [0.4, 0.5) is 11.4 Å². The Kier molecular flexibility index (Phi) is 8.34. The number of nitrogens with zero attached hydrogens (tertiary/aromatic N) is 4. The molecular formula is C20H22N4O11S3. The molecule has 2 aromatic carbocycles. The summed E-state index contributed by atoms with van der Waals surface area (Å²) in [4.78, 5) is 12.3. The molecule has 0 bridgehead atoms. The Morgan fingerprint density at radius 3 is 2.34 bits per heavy atom. The van der Waals surface area contributed by atoms with Crippen LogP contribution in [-0.4, -0.2) is 71.5 Å². The fraction of sp³-hybridized carbons (Fsp3) is 0.300. The lowest BCUT2D eigenvalue weighted by Gasteiger charge is -2.13. The Morgan fingerprint density at radius 2 is 1.74 bits per heavy atom. The number of hydrogen-bond acceptors (Lipinski definition) is 12. The van der Waals surface area contributed by atoms with Crippen LogP contribution in [0.15, 0.2) is 61.5 Å². The second-order valence-corrected chi connectivity index (χ2v) is 12.4. The molecule has 206 valence electrons. The van der Waals surface area contributed by atoms with Crippen LogP contribution in [0, 0.1) is 6.92 Å². The third-order valence-electron chi connectivity index (χ3n) is 5.13. The number of hydrogen-bond donors (Lipinski definition) is 2. The maximum Gasteiger partial charge on any atom is 0.397 e. The van der Waals surface area contributed by atoms with Gasteiger partial charge in [-0.2, -0.15) is 37.2 Å². The smallest absolute Gasteiger partial charge is 0.397 e. The number of anilines is 1. The van der Waals surface area contributed by atoms with Crippen LogP contribution in [0.5, 0.6) is 5.75 Å². The Balaban J connectivity index is 1.86. The van der Waals surface area contributed by atoms with Crippen molar-refractivity contribution in [2.45, 2.75) is 29.7 Å². The molecule has 0 radical (unpaired) electrons. The van der Waals surface area contributed by atoms with Gasteiger partial charge in [0.2, 0.25) is 0 Å². The summed E-state index contributed by atoms with van der Waals surface area (Å²) in [5, 5.41) is 13.1. The average Bonchev–Trinajstić information content (AvgIpc) is 3.09. The highest BCUT2D eigenvalue weighted by Crippen LogP contribution is 2.34. The molecule has 15 nitrogen and oxygen atoms in total. The topological polar surface area (TPSA) is 219 Å². The van der Waals surface area contributed by atoms with Gasteiger partial charge in [-0.25, -0.2) is 12.6 Å². The van der Waals surface area contributed by atoms with Gasteiger partial charge in [0.15, 0.2) is 15.9 Å². The molecule has 2 N–H and O–H groups in total. The van der Waals surface area contributed by atoms with Crippen LogP contribution < -0.4 is 9.75 Å². The van der Waals surface area contributed by atoms with Gasteiger partial charge in [-0.15, -0.1) is 0 Å². The van der Waals surface area contributed by atoms with Crippen molar-refractivity contribution < 1.29 is 48.1 Å². The summed E-state index contributed by atoms with van der Waals surface area (Å²) in [5.41, 5.74) is 0.580. The summed E-state index contributed by atoms with van der Waals surface area (Å²) in [5.74, 6) is -1.43. The number of sulfone groups is 1. The van der Waals surface area contributed by atoms with Gasteiger partial charge in [0, 0.05) is 6.07 Å². The highest BCUT2D eigenvalue weighted by molar-refractivity contribution is 7.91. The Morgan fingerprint density at radius 1 is 1.05 bits per heavy atom. The van der Waals surface area contributed by atoms with E-state index in [0.29, 0.717) is 0 Å². The molecule has 3 rings (SSSR count). The van der Waals surface area contributed by atoms with Gasteiger partial charge in [0.1, 0.15) is 11.4 Å². The number of hydrazone groups is 1. The largest absolute Gasteiger partial charge is 0.494 e. The maximum absolute atomic E-state index is 12.9. The van der Waals surface area contributed by atoms with E-state index in [9.17, 15) is 34.6 Å². The number of azo groups is 1. The number of methoxy groups -OCH3 is 1. The van der Waals surface area contributed by atoms with E-state index in [1.807, 2.05) is 0 Å². The van der Waals surface area contributed by atoms with Crippen molar-refractivity contribution in [2.75, 3.05) is 24.5 Å². The third kappa shape index (κ3) is 6.77. The summed E-state index contributed by atoms with van der Waals surface area (Å²) in [6, 6.07) is 6.24. The molecule has 2 aromatic rings. The van der Waals surface area contributed by atoms with E-state index in [2.05, 4.69) is 19.5 Å². The van der Waals surface area contributed by atoms with Crippen molar-refractivity contribution >= 4 is 53.3 Å². The van der Waals surface area contributed by atoms with E-state index in [4.69, 9.17) is 9.29 Å². The number of ether oxygens (including phenoxy) is 1. The van der Waals surface area contributed by atoms with E-state index >= 15 is 0 Å². The first-order valence-corrected chi connectivity index (χ1v) is 14.9. The summed E-state index contributed by atoms with van der Waals surface area (Å²) < 4.78 is 96.7. The van der Waals surface area contributed by atoms with Gasteiger partial charge in [-0.3, -0.25) is 13.9 Å². The molecule has 1 unspecified atom stereocenters. The number of amides is 1. The molecule has 38 heavy (non-hydrogen) atoms. The van der Waals surface area contributed by atoms with Crippen LogP contribution in [0.25, 0.3) is 0 Å². The zero-order valence-electron chi connectivity index (χ0n) is 20.0. The Labute approximate surface area is 218 Å². The van der Waals surface area contributed by atoms with E-state index in [0.717, 1.165) is 23.2 Å². The predicted molar refractivity (Wildman–Crippen MR) is 132 cm³/mol. The number of benzene rings is 2. The van der Waals surface area contributed by atoms with E-state index in [1.165, 1.54) is 39.2 Å². The second-order valence-electron chi connectivity index (χ2n) is 7.84. The zero-order chi connectivity index (χ0) is 28.5. The average molecular weight is 591 g/mol. The van der Waals surface area contributed by atoms with Crippen molar-refractivity contribution in [3.63, 3.8) is 0 Å². The molecule has 1 atom stereocenters. The van der Waals surface area contributed by atoms with E-state index < -0.39 is 59.6 Å². The van der Waals surface area contributed by atoms with Gasteiger partial charge in [-0.1, -0.05) is 6.07 Å². The lowest BCUT2D eigenvalue weighted by Crippen LogP contribution is -2.29. The number of carbonyl (C=O) groups excluding carboxylic acids is 1. The molecule has 0 spiro atoms. The van der Waals surface area contributed by atoms with Crippen molar-refractivity contribution in [2.24, 2.45) is 15.3 Å². The molecule has 0 saturated carbocycles. The van der Waals surface area contributed by atoms with Gasteiger partial charge in [-0.05, 0) is 43.7 Å². The molecule has 1 aliphatic heterocycles. The third-order valence-corrected chi connectivity index (χ3v) is 8.26. The van der Waals surface area contributed by atoms with Crippen molar-refractivity contribution in [1.29, 1.82) is 0 Å². The van der Waals surface area contributed by atoms with Gasteiger partial charge in [0.05, 0.1) is 40.7 Å². The quantitative estimate of drug-likeness (QED) is 0.300. The van der Waals surface area contributed by atoms with Crippen LogP contribution in [0.2, 0.25) is 0 Å². The van der Waals surface area contributed by atoms with Crippen molar-refractivity contribution in [1.82, 2.24) is 0 Å². The standard InChI is InChI=1S/C20H22N4O11S3/c1-12-9-16(17(34-3)11-18(12)36(26,27)8-7-35-38(31,32)33)21-22-19-13(2)23-24(20(19)25)14-5-4-6-15(10-14)37(28,29)30/h4-6,9-11,19H,7-8H2,1-3H3,(H,28,29,30)(H,31,32,33). The fourth-order valence-electron chi connectivity index (χ4n) is 3.36. The first-order chi connectivity index (χ1) is 17.5. The van der Waals surface area contributed by atoms with Crippen LogP contribution in [-0.2, 0) is 39.3 Å². The normalized spacial score (nSPS) is 16.8.